The molecule has 0 aromatic carbocycles. The summed E-state index contributed by atoms with van der Waals surface area (Å²) in [4.78, 5) is 12.1. The van der Waals surface area contributed by atoms with Gasteiger partial charge in [0.15, 0.2) is 0 Å². The van der Waals surface area contributed by atoms with Gasteiger partial charge in [-0.3, -0.25) is 4.79 Å². The Morgan fingerprint density at radius 3 is 2.32 bits per heavy atom. The number of carbonyl (C=O) groups is 1. The van der Waals surface area contributed by atoms with Crippen LogP contribution >= 0.6 is 0 Å². The normalized spacial score (nSPS) is 28.2. The van der Waals surface area contributed by atoms with Crippen molar-refractivity contribution < 1.29 is 26.4 Å². The first-order valence-corrected chi connectivity index (χ1v) is 9.61. The summed E-state index contributed by atoms with van der Waals surface area (Å²) in [7, 11) is -3.19. The van der Waals surface area contributed by atoms with E-state index >= 15 is 0 Å². The third-order valence-corrected chi connectivity index (χ3v) is 5.73. The van der Waals surface area contributed by atoms with Crippen molar-refractivity contribution in [3.05, 3.63) is 0 Å². The van der Waals surface area contributed by atoms with E-state index in [1.165, 1.54) is 0 Å². The van der Waals surface area contributed by atoms with Gasteiger partial charge >= 0.3 is 6.18 Å². The number of hydrogen-bond acceptors (Lipinski definition) is 3. The zero-order chi connectivity index (χ0) is 16.6. The van der Waals surface area contributed by atoms with E-state index in [1.54, 1.807) is 0 Å². The van der Waals surface area contributed by atoms with Gasteiger partial charge in [-0.2, -0.15) is 13.2 Å². The fourth-order valence-corrected chi connectivity index (χ4v) is 4.90. The minimum Gasteiger partial charge on any atom is -0.353 e. The van der Waals surface area contributed by atoms with Crippen LogP contribution in [-0.2, 0) is 14.6 Å². The third-order valence-electron chi connectivity index (χ3n) is 4.59. The van der Waals surface area contributed by atoms with Crippen LogP contribution < -0.4 is 5.32 Å². The van der Waals surface area contributed by atoms with Crippen LogP contribution in [0.1, 0.15) is 44.9 Å². The van der Waals surface area contributed by atoms with Gasteiger partial charge in [-0.15, -0.1) is 0 Å². The molecule has 2 fully saturated rings. The number of rotatable bonds is 5. The average Bonchev–Trinajstić information content (AvgIpc) is 3.04. The average molecular weight is 341 g/mol. The van der Waals surface area contributed by atoms with Crippen LogP contribution in [0.25, 0.3) is 0 Å². The molecule has 0 spiro atoms. The molecule has 0 unspecified atom stereocenters. The largest absolute Gasteiger partial charge is 0.393 e. The van der Waals surface area contributed by atoms with Gasteiger partial charge < -0.3 is 5.32 Å². The van der Waals surface area contributed by atoms with Gasteiger partial charge in [-0.1, -0.05) is 12.8 Å². The number of halogens is 3. The highest BCUT2D eigenvalue weighted by Crippen LogP contribution is 2.50. The summed E-state index contributed by atoms with van der Waals surface area (Å²) in [6, 6.07) is -0.879. The summed E-state index contributed by atoms with van der Waals surface area (Å²) in [5.74, 6) is -2.02. The molecule has 0 bridgehead atoms. The molecule has 0 saturated heterocycles. The van der Waals surface area contributed by atoms with E-state index in [0.29, 0.717) is 32.1 Å². The minimum atomic E-state index is -4.30. The fourth-order valence-electron chi connectivity index (χ4n) is 3.40. The Bertz CT molecular complexity index is 526. The topological polar surface area (TPSA) is 63.2 Å². The lowest BCUT2D eigenvalue weighted by Crippen LogP contribution is -2.48. The first-order valence-electron chi connectivity index (χ1n) is 7.55. The monoisotopic (exact) mass is 341 g/mol. The molecule has 2 aliphatic carbocycles. The number of sulfone groups is 1. The summed E-state index contributed by atoms with van der Waals surface area (Å²) in [5, 5.41) is 2.50. The molecule has 2 aliphatic rings. The second-order valence-corrected chi connectivity index (χ2v) is 8.99. The maximum atomic E-state index is 13.0. The highest BCUT2D eigenvalue weighted by molar-refractivity contribution is 7.90. The summed E-state index contributed by atoms with van der Waals surface area (Å²) < 4.78 is 61.7. The molecule has 128 valence electrons. The molecule has 0 aromatic rings. The molecule has 1 amide bonds. The number of hydrogen-bond donors (Lipinski definition) is 1. The number of carbonyl (C=O) groups excluding carboxylic acids is 1. The van der Waals surface area contributed by atoms with E-state index in [-0.39, 0.29) is 18.6 Å². The Morgan fingerprint density at radius 2 is 1.82 bits per heavy atom. The van der Waals surface area contributed by atoms with Gasteiger partial charge in [0.05, 0.1) is 11.7 Å². The Morgan fingerprint density at radius 1 is 1.23 bits per heavy atom. The number of nitrogens with one attached hydrogen (secondary N) is 1. The van der Waals surface area contributed by atoms with Crippen molar-refractivity contribution in [3.8, 4) is 0 Å². The quantitative estimate of drug-likeness (QED) is 0.835. The van der Waals surface area contributed by atoms with Crippen LogP contribution in [0, 0.1) is 11.3 Å². The molecule has 2 saturated carbocycles. The molecule has 0 radical (unpaired) electrons. The molecule has 2 atom stereocenters. The van der Waals surface area contributed by atoms with Crippen LogP contribution in [0.5, 0.6) is 0 Å². The second kappa shape index (κ2) is 6.02. The summed E-state index contributed by atoms with van der Waals surface area (Å²) >= 11 is 0. The molecular formula is C14H22F3NO3S. The van der Waals surface area contributed by atoms with Crippen molar-refractivity contribution in [2.45, 2.75) is 57.2 Å². The van der Waals surface area contributed by atoms with Crippen LogP contribution in [0.4, 0.5) is 13.2 Å². The molecule has 0 aromatic heterocycles. The molecular weight excluding hydrogens is 319 g/mol. The third kappa shape index (κ3) is 4.86. The van der Waals surface area contributed by atoms with Gasteiger partial charge in [0.1, 0.15) is 9.84 Å². The highest BCUT2D eigenvalue weighted by Gasteiger charge is 2.49. The maximum Gasteiger partial charge on any atom is 0.393 e. The standard InChI is InChI=1S/C14H22F3NO3S/c1-22(20,21)9-13(6-7-13)8-12(19)18-11-5-3-2-4-10(11)14(15,16)17/h10-11H,2-9H2,1H3,(H,18,19)/t10-,11+/m0/s1. The lowest BCUT2D eigenvalue weighted by molar-refractivity contribution is -0.189. The molecule has 0 heterocycles. The zero-order valence-electron chi connectivity index (χ0n) is 12.6. The van der Waals surface area contributed by atoms with Crippen LogP contribution in [-0.4, -0.2) is 38.6 Å². The molecule has 4 nitrogen and oxygen atoms in total. The highest BCUT2D eigenvalue weighted by atomic mass is 32.2. The second-order valence-electron chi connectivity index (χ2n) is 6.85. The van der Waals surface area contributed by atoms with Crippen molar-refractivity contribution in [1.29, 1.82) is 0 Å². The Kier molecular flexibility index (Phi) is 4.80. The summed E-state index contributed by atoms with van der Waals surface area (Å²) in [5.41, 5.74) is -0.555. The van der Waals surface area contributed by atoms with E-state index < -0.39 is 39.3 Å². The van der Waals surface area contributed by atoms with E-state index in [9.17, 15) is 26.4 Å². The maximum absolute atomic E-state index is 13.0. The predicted octanol–water partition coefficient (Wildman–Crippen LogP) is 2.44. The van der Waals surface area contributed by atoms with Crippen LogP contribution in [0.15, 0.2) is 0 Å². The molecule has 0 aliphatic heterocycles. The summed E-state index contributed by atoms with van der Waals surface area (Å²) in [6.07, 6.45) is -0.338. The Balaban J connectivity index is 1.93. The van der Waals surface area contributed by atoms with Crippen LogP contribution in [0.2, 0.25) is 0 Å². The van der Waals surface area contributed by atoms with E-state index in [2.05, 4.69) is 5.32 Å². The summed E-state index contributed by atoms with van der Waals surface area (Å²) in [6.45, 7) is 0. The van der Waals surface area contributed by atoms with E-state index in [1.807, 2.05) is 0 Å². The van der Waals surface area contributed by atoms with Gasteiger partial charge in [0.2, 0.25) is 5.91 Å². The lowest BCUT2D eigenvalue weighted by atomic mass is 9.83. The fraction of sp³-hybridized carbons (Fsp3) is 0.929. The number of amides is 1. The minimum absolute atomic E-state index is 0.00114. The molecule has 22 heavy (non-hydrogen) atoms. The van der Waals surface area contributed by atoms with Crippen molar-refractivity contribution >= 4 is 15.7 Å². The first-order chi connectivity index (χ1) is 10.0. The van der Waals surface area contributed by atoms with E-state index in [4.69, 9.17) is 0 Å². The lowest BCUT2D eigenvalue weighted by Gasteiger charge is -2.33. The van der Waals surface area contributed by atoms with Crippen molar-refractivity contribution in [2.24, 2.45) is 11.3 Å². The van der Waals surface area contributed by atoms with Crippen molar-refractivity contribution in [3.63, 3.8) is 0 Å². The Hall–Kier alpha value is -0.790. The van der Waals surface area contributed by atoms with Crippen LogP contribution in [0.3, 0.4) is 0 Å². The smallest absolute Gasteiger partial charge is 0.353 e. The molecule has 2 rings (SSSR count). The van der Waals surface area contributed by atoms with Crippen molar-refractivity contribution in [2.75, 3.05) is 12.0 Å². The predicted molar refractivity (Wildman–Crippen MR) is 75.9 cm³/mol. The number of alkyl halides is 3. The van der Waals surface area contributed by atoms with Gasteiger partial charge in [0.25, 0.3) is 0 Å². The molecule has 1 N–H and O–H groups in total. The van der Waals surface area contributed by atoms with E-state index in [0.717, 1.165) is 6.26 Å². The van der Waals surface area contributed by atoms with Gasteiger partial charge in [0, 0.05) is 18.7 Å². The zero-order valence-corrected chi connectivity index (χ0v) is 13.4. The molecule has 8 heteroatoms. The Labute approximate surface area is 128 Å². The van der Waals surface area contributed by atoms with Gasteiger partial charge in [-0.05, 0) is 31.1 Å². The first kappa shape index (κ1) is 17.6. The SMILES string of the molecule is CS(=O)(=O)CC1(CC(=O)N[C@@H]2CCCC[C@@H]2C(F)(F)F)CC1. The van der Waals surface area contributed by atoms with Crippen molar-refractivity contribution in [1.82, 2.24) is 5.32 Å². The van der Waals surface area contributed by atoms with Gasteiger partial charge in [-0.25, -0.2) is 8.42 Å².